The monoisotopic (exact) mass is 369 g/mol. The molecule has 1 aromatic carbocycles. The number of benzene rings is 1. The van der Waals surface area contributed by atoms with Gasteiger partial charge in [-0.25, -0.2) is 0 Å². The first-order valence-electron chi connectivity index (χ1n) is 7.34. The topological polar surface area (TPSA) is 64.0 Å². The molecule has 1 atom stereocenters. The van der Waals surface area contributed by atoms with Gasteiger partial charge in [0.1, 0.15) is 5.82 Å². The molecule has 1 unspecified atom stereocenters. The summed E-state index contributed by atoms with van der Waals surface area (Å²) >= 11 is 1.26. The zero-order valence-electron chi connectivity index (χ0n) is 13.3. The number of nitrogens with one attached hydrogen (secondary N) is 1. The second kappa shape index (κ2) is 6.21. The number of nitrogens with zero attached hydrogens (tertiary/aromatic N) is 2. The number of anilines is 1. The van der Waals surface area contributed by atoms with Crippen molar-refractivity contribution in [3.05, 3.63) is 51.3 Å². The van der Waals surface area contributed by atoms with Gasteiger partial charge < -0.3 is 9.88 Å². The van der Waals surface area contributed by atoms with Crippen LogP contribution in [-0.4, -0.2) is 21.7 Å². The van der Waals surface area contributed by atoms with Gasteiger partial charge in [0.05, 0.1) is 11.1 Å². The Morgan fingerprint density at radius 2 is 1.88 bits per heavy atom. The van der Waals surface area contributed by atoms with Gasteiger partial charge in [0.2, 0.25) is 5.91 Å². The van der Waals surface area contributed by atoms with E-state index in [1.807, 2.05) is 0 Å². The van der Waals surface area contributed by atoms with Crippen LogP contribution in [0.3, 0.4) is 0 Å². The van der Waals surface area contributed by atoms with Crippen LogP contribution in [0.1, 0.15) is 29.0 Å². The van der Waals surface area contributed by atoms with Gasteiger partial charge in [0, 0.05) is 19.4 Å². The van der Waals surface area contributed by atoms with Gasteiger partial charge in [0.25, 0.3) is 5.56 Å². The number of halogens is 3. The van der Waals surface area contributed by atoms with E-state index in [1.165, 1.54) is 23.9 Å². The molecule has 0 fully saturated rings. The van der Waals surface area contributed by atoms with Crippen molar-refractivity contribution in [1.29, 1.82) is 0 Å². The summed E-state index contributed by atoms with van der Waals surface area (Å²) < 4.78 is 39.8. The van der Waals surface area contributed by atoms with Crippen LogP contribution in [0.5, 0.6) is 0 Å². The van der Waals surface area contributed by atoms with E-state index in [0.717, 1.165) is 12.1 Å². The highest BCUT2D eigenvalue weighted by molar-refractivity contribution is 7.98. The minimum atomic E-state index is -4.44. The van der Waals surface area contributed by atoms with Gasteiger partial charge >= 0.3 is 6.18 Å². The fourth-order valence-corrected chi connectivity index (χ4v) is 3.45. The third kappa shape index (κ3) is 3.15. The number of carbonyl (C=O) groups is 1. The van der Waals surface area contributed by atoms with E-state index in [2.05, 4.69) is 10.3 Å². The number of fused-ring (bicyclic) bond motifs is 1. The van der Waals surface area contributed by atoms with Crippen LogP contribution in [0.15, 0.2) is 34.2 Å². The Labute approximate surface area is 145 Å². The second-order valence-electron chi connectivity index (χ2n) is 5.65. The third-order valence-corrected chi connectivity index (χ3v) is 4.85. The molecule has 2 aromatic rings. The van der Waals surface area contributed by atoms with E-state index < -0.39 is 23.2 Å². The molecule has 25 heavy (non-hydrogen) atoms. The number of aromatic nitrogens is 2. The molecule has 1 amide bonds. The van der Waals surface area contributed by atoms with Crippen LogP contribution in [0.2, 0.25) is 0 Å². The fourth-order valence-electron chi connectivity index (χ4n) is 2.91. The molecule has 0 aliphatic carbocycles. The summed E-state index contributed by atoms with van der Waals surface area (Å²) in [4.78, 5) is 28.5. The molecule has 1 aliphatic rings. The van der Waals surface area contributed by atoms with E-state index in [1.54, 1.807) is 17.9 Å². The standard InChI is InChI=1S/C16H14F3N3O2S/c1-22-13-12(14(24)21-15(22)25-2)10(7-11(23)20-13)8-3-5-9(6-4-8)16(17,18)19/h3-6,10H,7H2,1-2H3,(H,20,23). The van der Waals surface area contributed by atoms with Crippen molar-refractivity contribution in [1.82, 2.24) is 9.55 Å². The summed E-state index contributed by atoms with van der Waals surface area (Å²) in [5.74, 6) is -0.593. The van der Waals surface area contributed by atoms with Crippen molar-refractivity contribution in [2.45, 2.75) is 23.7 Å². The molecular formula is C16H14F3N3O2S. The quantitative estimate of drug-likeness (QED) is 0.653. The Kier molecular flexibility index (Phi) is 4.36. The smallest absolute Gasteiger partial charge is 0.312 e. The van der Waals surface area contributed by atoms with Crippen molar-refractivity contribution in [3.63, 3.8) is 0 Å². The third-order valence-electron chi connectivity index (χ3n) is 4.12. The number of alkyl halides is 3. The number of carbonyl (C=O) groups excluding carboxylic acids is 1. The van der Waals surface area contributed by atoms with Crippen molar-refractivity contribution >= 4 is 23.5 Å². The Morgan fingerprint density at radius 3 is 2.44 bits per heavy atom. The Morgan fingerprint density at radius 1 is 1.24 bits per heavy atom. The summed E-state index contributed by atoms with van der Waals surface area (Å²) in [6.07, 6.45) is -2.70. The van der Waals surface area contributed by atoms with Crippen LogP contribution in [0.4, 0.5) is 19.0 Å². The summed E-state index contributed by atoms with van der Waals surface area (Å²) in [5.41, 5.74) is -0.498. The first-order valence-corrected chi connectivity index (χ1v) is 8.56. The SMILES string of the molecule is CSc1nc(=O)c2c(n1C)NC(=O)CC2c1ccc(C(F)(F)F)cc1. The lowest BCUT2D eigenvalue weighted by Crippen LogP contribution is -2.33. The van der Waals surface area contributed by atoms with Crippen LogP contribution in [0, 0.1) is 0 Å². The maximum Gasteiger partial charge on any atom is 0.416 e. The largest absolute Gasteiger partial charge is 0.416 e. The highest BCUT2D eigenvalue weighted by Gasteiger charge is 2.34. The molecule has 0 saturated carbocycles. The number of rotatable bonds is 2. The highest BCUT2D eigenvalue weighted by atomic mass is 32.2. The predicted octanol–water partition coefficient (Wildman–Crippen LogP) is 3.00. The minimum absolute atomic E-state index is 0.0199. The maximum atomic E-state index is 12.7. The maximum absolute atomic E-state index is 12.7. The lowest BCUT2D eigenvalue weighted by Gasteiger charge is -2.27. The first-order chi connectivity index (χ1) is 11.7. The summed E-state index contributed by atoms with van der Waals surface area (Å²) in [5, 5.41) is 3.11. The van der Waals surface area contributed by atoms with Gasteiger partial charge in [-0.05, 0) is 24.0 Å². The van der Waals surface area contributed by atoms with Crippen LogP contribution in [0.25, 0.3) is 0 Å². The van der Waals surface area contributed by atoms with E-state index >= 15 is 0 Å². The van der Waals surface area contributed by atoms with Gasteiger partial charge in [-0.2, -0.15) is 18.2 Å². The number of hydrogen-bond acceptors (Lipinski definition) is 4. The predicted molar refractivity (Wildman–Crippen MR) is 87.8 cm³/mol. The van der Waals surface area contributed by atoms with Crippen molar-refractivity contribution in [2.24, 2.45) is 7.05 Å². The van der Waals surface area contributed by atoms with Crippen molar-refractivity contribution in [2.75, 3.05) is 11.6 Å². The minimum Gasteiger partial charge on any atom is -0.312 e. The summed E-state index contributed by atoms with van der Waals surface area (Å²) in [6, 6.07) is 4.51. The Bertz CT molecular complexity index is 891. The lowest BCUT2D eigenvalue weighted by atomic mass is 9.86. The van der Waals surface area contributed by atoms with Gasteiger partial charge in [-0.3, -0.25) is 9.59 Å². The molecule has 9 heteroatoms. The number of thioether (sulfide) groups is 1. The van der Waals surface area contributed by atoms with Gasteiger partial charge in [-0.15, -0.1) is 0 Å². The lowest BCUT2D eigenvalue weighted by molar-refractivity contribution is -0.137. The molecule has 0 spiro atoms. The first kappa shape index (κ1) is 17.5. The number of amides is 1. The zero-order chi connectivity index (χ0) is 18.4. The Hall–Kier alpha value is -2.29. The van der Waals surface area contributed by atoms with E-state index in [0.29, 0.717) is 22.1 Å². The molecule has 2 heterocycles. The van der Waals surface area contributed by atoms with Gasteiger partial charge in [0.15, 0.2) is 5.16 Å². The average molecular weight is 369 g/mol. The van der Waals surface area contributed by atoms with E-state index in [4.69, 9.17) is 0 Å². The van der Waals surface area contributed by atoms with Crippen LogP contribution in [-0.2, 0) is 18.0 Å². The van der Waals surface area contributed by atoms with E-state index in [-0.39, 0.29) is 12.3 Å². The van der Waals surface area contributed by atoms with Gasteiger partial charge in [-0.1, -0.05) is 23.9 Å². The average Bonchev–Trinajstić information content (AvgIpc) is 2.56. The van der Waals surface area contributed by atoms with E-state index in [9.17, 15) is 22.8 Å². The molecule has 1 aliphatic heterocycles. The summed E-state index contributed by atoms with van der Waals surface area (Å²) in [6.45, 7) is 0. The summed E-state index contributed by atoms with van der Waals surface area (Å²) in [7, 11) is 1.67. The molecular weight excluding hydrogens is 355 g/mol. The number of hydrogen-bond donors (Lipinski definition) is 1. The molecule has 0 saturated heterocycles. The van der Waals surface area contributed by atoms with Crippen LogP contribution < -0.4 is 10.9 Å². The zero-order valence-corrected chi connectivity index (χ0v) is 14.2. The van der Waals surface area contributed by atoms with Crippen molar-refractivity contribution in [3.8, 4) is 0 Å². The highest BCUT2D eigenvalue weighted by Crippen LogP contribution is 2.37. The van der Waals surface area contributed by atoms with Crippen molar-refractivity contribution < 1.29 is 18.0 Å². The molecule has 132 valence electrons. The molecule has 5 nitrogen and oxygen atoms in total. The molecule has 3 rings (SSSR count). The molecule has 0 radical (unpaired) electrons. The molecule has 1 aromatic heterocycles. The second-order valence-corrected chi connectivity index (χ2v) is 6.42. The molecule has 0 bridgehead atoms. The Balaban J connectivity index is 2.13. The van der Waals surface area contributed by atoms with Crippen LogP contribution >= 0.6 is 11.8 Å². The fraction of sp³-hybridized carbons (Fsp3) is 0.312. The normalized spacial score (nSPS) is 17.2. The molecule has 1 N–H and O–H groups in total.